The SMILES string of the molecule is Nc1nc(C2=NN(Cc3ccccc3F)C(c3ccon3)C2)ncc1N1CCCC1. The van der Waals surface area contributed by atoms with Crippen molar-refractivity contribution in [2.45, 2.75) is 31.8 Å². The highest BCUT2D eigenvalue weighted by molar-refractivity contribution is 5.99. The average molecular weight is 407 g/mol. The Labute approximate surface area is 173 Å². The van der Waals surface area contributed by atoms with Crippen molar-refractivity contribution in [3.05, 3.63) is 65.7 Å². The molecule has 0 bridgehead atoms. The zero-order valence-corrected chi connectivity index (χ0v) is 16.4. The fraction of sp³-hybridized carbons (Fsp3) is 0.333. The van der Waals surface area contributed by atoms with Gasteiger partial charge in [0.2, 0.25) is 0 Å². The summed E-state index contributed by atoms with van der Waals surface area (Å²) >= 11 is 0. The maximum absolute atomic E-state index is 14.2. The fourth-order valence-corrected chi connectivity index (χ4v) is 4.02. The average Bonchev–Trinajstić information content (AvgIpc) is 3.51. The maximum Gasteiger partial charge on any atom is 0.177 e. The van der Waals surface area contributed by atoms with Gasteiger partial charge in [0.05, 0.1) is 24.5 Å². The standard InChI is InChI=1S/C21H22FN7O/c22-15-6-2-1-5-14(15)13-29-18(16-7-10-30-27-16)11-17(26-29)21-24-12-19(20(23)25-21)28-8-3-4-9-28/h1-2,5-7,10,12,18H,3-4,8-9,11,13H2,(H2,23,24,25). The number of hydrazone groups is 1. The molecule has 1 unspecified atom stereocenters. The molecule has 2 aliphatic rings. The zero-order chi connectivity index (χ0) is 20.5. The Morgan fingerprint density at radius 3 is 2.73 bits per heavy atom. The summed E-state index contributed by atoms with van der Waals surface area (Å²) in [6, 6.07) is 8.28. The molecule has 8 nitrogen and oxygen atoms in total. The predicted octanol–water partition coefficient (Wildman–Crippen LogP) is 3.14. The number of benzene rings is 1. The fourth-order valence-electron chi connectivity index (χ4n) is 4.02. The first-order chi connectivity index (χ1) is 14.7. The van der Waals surface area contributed by atoms with E-state index < -0.39 is 0 Å². The third-order valence-corrected chi connectivity index (χ3v) is 5.59. The second kappa shape index (κ2) is 7.74. The summed E-state index contributed by atoms with van der Waals surface area (Å²) in [4.78, 5) is 11.3. The maximum atomic E-state index is 14.2. The van der Waals surface area contributed by atoms with Gasteiger partial charge >= 0.3 is 0 Å². The Balaban J connectivity index is 1.44. The summed E-state index contributed by atoms with van der Waals surface area (Å²) in [5, 5.41) is 10.6. The summed E-state index contributed by atoms with van der Waals surface area (Å²) < 4.78 is 19.2. The molecule has 4 heterocycles. The highest BCUT2D eigenvalue weighted by Gasteiger charge is 2.32. The highest BCUT2D eigenvalue weighted by Crippen LogP contribution is 2.33. The molecule has 1 fully saturated rings. The Kier molecular flexibility index (Phi) is 4.78. The second-order valence-electron chi connectivity index (χ2n) is 7.54. The van der Waals surface area contributed by atoms with Crippen LogP contribution < -0.4 is 10.6 Å². The summed E-state index contributed by atoms with van der Waals surface area (Å²) in [5.74, 6) is 0.672. The van der Waals surface area contributed by atoms with E-state index in [1.54, 1.807) is 29.4 Å². The lowest BCUT2D eigenvalue weighted by molar-refractivity contribution is 0.211. The van der Waals surface area contributed by atoms with Gasteiger partial charge in [0.25, 0.3) is 0 Å². The van der Waals surface area contributed by atoms with Crippen molar-refractivity contribution in [3.8, 4) is 0 Å². The molecule has 5 rings (SSSR count). The molecule has 3 aromatic rings. The molecule has 2 aromatic heterocycles. The van der Waals surface area contributed by atoms with Crippen LogP contribution in [0.3, 0.4) is 0 Å². The second-order valence-corrected chi connectivity index (χ2v) is 7.54. The van der Waals surface area contributed by atoms with Gasteiger partial charge < -0.3 is 15.2 Å². The van der Waals surface area contributed by atoms with Gasteiger partial charge in [-0.05, 0) is 18.9 Å². The van der Waals surface area contributed by atoms with Crippen molar-refractivity contribution >= 4 is 17.2 Å². The van der Waals surface area contributed by atoms with Crippen molar-refractivity contribution in [1.29, 1.82) is 0 Å². The number of halogens is 1. The number of nitrogens with zero attached hydrogens (tertiary/aromatic N) is 6. The minimum absolute atomic E-state index is 0.193. The normalized spacial score (nSPS) is 18.8. The van der Waals surface area contributed by atoms with Crippen LogP contribution in [0.5, 0.6) is 0 Å². The topological polar surface area (TPSA) is 96.7 Å². The van der Waals surface area contributed by atoms with Crippen LogP contribution in [0.15, 0.2) is 52.4 Å². The van der Waals surface area contributed by atoms with E-state index in [4.69, 9.17) is 15.4 Å². The molecule has 2 N–H and O–H groups in total. The molecule has 0 amide bonds. The van der Waals surface area contributed by atoms with Gasteiger partial charge in [-0.25, -0.2) is 14.4 Å². The van der Waals surface area contributed by atoms with Crippen molar-refractivity contribution in [3.63, 3.8) is 0 Å². The number of nitrogen functional groups attached to an aromatic ring is 1. The third kappa shape index (κ3) is 3.47. The molecule has 1 saturated heterocycles. The van der Waals surface area contributed by atoms with Gasteiger partial charge in [0.1, 0.15) is 23.5 Å². The van der Waals surface area contributed by atoms with Crippen LogP contribution in [0.2, 0.25) is 0 Å². The minimum Gasteiger partial charge on any atom is -0.382 e. The first-order valence-electron chi connectivity index (χ1n) is 10.0. The van der Waals surface area contributed by atoms with E-state index in [-0.39, 0.29) is 11.9 Å². The summed E-state index contributed by atoms with van der Waals surface area (Å²) in [6.07, 6.45) is 6.13. The van der Waals surface area contributed by atoms with Crippen molar-refractivity contribution in [1.82, 2.24) is 20.1 Å². The smallest absolute Gasteiger partial charge is 0.177 e. The summed E-state index contributed by atoms with van der Waals surface area (Å²) in [6.45, 7) is 2.24. The third-order valence-electron chi connectivity index (χ3n) is 5.59. The minimum atomic E-state index is -0.268. The lowest BCUT2D eigenvalue weighted by atomic mass is 10.1. The van der Waals surface area contributed by atoms with Gasteiger partial charge in [-0.2, -0.15) is 5.10 Å². The molecular formula is C21H22FN7O. The largest absolute Gasteiger partial charge is 0.382 e. The first kappa shape index (κ1) is 18.5. The number of aromatic nitrogens is 3. The zero-order valence-electron chi connectivity index (χ0n) is 16.4. The predicted molar refractivity (Wildman–Crippen MR) is 110 cm³/mol. The molecule has 9 heteroatoms. The van der Waals surface area contributed by atoms with E-state index in [0.29, 0.717) is 35.9 Å². The summed E-state index contributed by atoms with van der Waals surface area (Å²) in [5.41, 5.74) is 9.08. The quantitative estimate of drug-likeness (QED) is 0.694. The van der Waals surface area contributed by atoms with E-state index in [1.165, 1.54) is 12.3 Å². The van der Waals surface area contributed by atoms with Crippen molar-refractivity contribution in [2.75, 3.05) is 23.7 Å². The lowest BCUT2D eigenvalue weighted by Gasteiger charge is -2.21. The van der Waals surface area contributed by atoms with Crippen LogP contribution in [0.25, 0.3) is 0 Å². The molecule has 154 valence electrons. The Morgan fingerprint density at radius 1 is 1.17 bits per heavy atom. The molecule has 0 radical (unpaired) electrons. The van der Waals surface area contributed by atoms with Gasteiger partial charge in [-0.1, -0.05) is 23.4 Å². The molecule has 1 atom stereocenters. The number of hydrogen-bond acceptors (Lipinski definition) is 8. The first-order valence-corrected chi connectivity index (χ1v) is 10.0. The van der Waals surface area contributed by atoms with Crippen LogP contribution in [0.4, 0.5) is 15.9 Å². The van der Waals surface area contributed by atoms with Crippen molar-refractivity contribution in [2.24, 2.45) is 5.10 Å². The molecule has 2 aliphatic heterocycles. The van der Waals surface area contributed by atoms with Crippen LogP contribution >= 0.6 is 0 Å². The van der Waals surface area contributed by atoms with E-state index in [9.17, 15) is 4.39 Å². The molecule has 0 aliphatic carbocycles. The van der Waals surface area contributed by atoms with Gasteiger partial charge in [-0.3, -0.25) is 5.01 Å². The van der Waals surface area contributed by atoms with Crippen LogP contribution in [0, 0.1) is 5.82 Å². The Bertz CT molecular complexity index is 1060. The highest BCUT2D eigenvalue weighted by atomic mass is 19.1. The molecule has 30 heavy (non-hydrogen) atoms. The van der Waals surface area contributed by atoms with E-state index in [2.05, 4.69) is 20.0 Å². The van der Waals surface area contributed by atoms with Gasteiger partial charge in [0, 0.05) is 31.1 Å². The Hall–Kier alpha value is -3.49. The number of anilines is 2. The van der Waals surface area contributed by atoms with Gasteiger partial charge in [0.15, 0.2) is 11.6 Å². The Morgan fingerprint density at radius 2 is 2.00 bits per heavy atom. The van der Waals surface area contributed by atoms with E-state index in [0.717, 1.165) is 37.3 Å². The lowest BCUT2D eigenvalue weighted by Crippen LogP contribution is -2.21. The number of rotatable bonds is 5. The van der Waals surface area contributed by atoms with Crippen LogP contribution in [0.1, 0.15) is 42.4 Å². The monoisotopic (exact) mass is 407 g/mol. The molecule has 0 spiro atoms. The molecular weight excluding hydrogens is 385 g/mol. The van der Waals surface area contributed by atoms with E-state index >= 15 is 0 Å². The van der Waals surface area contributed by atoms with Crippen LogP contribution in [-0.2, 0) is 6.54 Å². The number of nitrogens with two attached hydrogens (primary N) is 1. The summed E-state index contributed by atoms with van der Waals surface area (Å²) in [7, 11) is 0. The van der Waals surface area contributed by atoms with Crippen LogP contribution in [-0.4, -0.2) is 38.9 Å². The van der Waals surface area contributed by atoms with E-state index in [1.807, 2.05) is 6.07 Å². The molecule has 0 saturated carbocycles. The van der Waals surface area contributed by atoms with Crippen molar-refractivity contribution < 1.29 is 8.91 Å². The molecule has 1 aromatic carbocycles. The number of hydrogen-bond donors (Lipinski definition) is 1. The van der Waals surface area contributed by atoms with Gasteiger partial charge in [-0.15, -0.1) is 0 Å².